The Morgan fingerprint density at radius 1 is 0.821 bits per heavy atom. The predicted octanol–water partition coefficient (Wildman–Crippen LogP) is 3.28. The average molecular weight is 436 g/mol. The zero-order valence-corrected chi connectivity index (χ0v) is 16.6. The highest BCUT2D eigenvalue weighted by molar-refractivity contribution is 7.94. The van der Waals surface area contributed by atoms with Crippen LogP contribution in [0.2, 0.25) is 5.02 Å². The third-order valence-electron chi connectivity index (χ3n) is 3.56. The Morgan fingerprint density at radius 2 is 1.36 bits per heavy atom. The summed E-state index contributed by atoms with van der Waals surface area (Å²) in [4.78, 5) is 24.1. The molecule has 0 radical (unpaired) electrons. The van der Waals surface area contributed by atoms with Crippen LogP contribution < -0.4 is 15.6 Å². The Kier molecular flexibility index (Phi) is 5.98. The van der Waals surface area contributed by atoms with Gasteiger partial charge in [0, 0.05) is 21.8 Å². The second kappa shape index (κ2) is 8.42. The molecule has 0 atom stereocenters. The van der Waals surface area contributed by atoms with Gasteiger partial charge >= 0.3 is 0 Å². The van der Waals surface area contributed by atoms with E-state index in [1.807, 2.05) is 0 Å². The van der Waals surface area contributed by atoms with Gasteiger partial charge in [-0.1, -0.05) is 17.7 Å². The van der Waals surface area contributed by atoms with Gasteiger partial charge in [0.25, 0.3) is 21.8 Å². The number of nitrogens with one attached hydrogen (secondary N) is 3. The lowest BCUT2D eigenvalue weighted by Gasteiger charge is -2.09. The second-order valence-electron chi connectivity index (χ2n) is 5.53. The monoisotopic (exact) mass is 435 g/mol. The maximum absolute atomic E-state index is 12.2. The zero-order chi connectivity index (χ0) is 20.1. The summed E-state index contributed by atoms with van der Waals surface area (Å²) >= 11 is 6.87. The molecule has 144 valence electrons. The van der Waals surface area contributed by atoms with Crippen molar-refractivity contribution in [3.63, 3.8) is 0 Å². The average Bonchev–Trinajstić information content (AvgIpc) is 3.22. The van der Waals surface area contributed by atoms with E-state index >= 15 is 0 Å². The number of carbonyl (C=O) groups excluding carboxylic acids is 2. The van der Waals surface area contributed by atoms with E-state index in [9.17, 15) is 18.0 Å². The van der Waals surface area contributed by atoms with Gasteiger partial charge in [-0.2, -0.15) is 0 Å². The van der Waals surface area contributed by atoms with Crippen LogP contribution in [-0.4, -0.2) is 20.2 Å². The lowest BCUT2D eigenvalue weighted by molar-refractivity contribution is 0.0846. The summed E-state index contributed by atoms with van der Waals surface area (Å²) in [6, 6.07) is 15.1. The van der Waals surface area contributed by atoms with Gasteiger partial charge in [-0.05, 0) is 60.0 Å². The molecule has 1 aromatic heterocycles. The molecule has 3 rings (SSSR count). The van der Waals surface area contributed by atoms with Crippen molar-refractivity contribution in [1.82, 2.24) is 10.9 Å². The highest BCUT2D eigenvalue weighted by atomic mass is 35.5. The highest BCUT2D eigenvalue weighted by Crippen LogP contribution is 2.20. The van der Waals surface area contributed by atoms with Crippen LogP contribution in [0.4, 0.5) is 5.69 Å². The second-order valence-corrected chi connectivity index (χ2v) is 8.82. The van der Waals surface area contributed by atoms with E-state index in [0.29, 0.717) is 16.3 Å². The molecular weight excluding hydrogens is 422 g/mol. The quantitative estimate of drug-likeness (QED) is 0.535. The van der Waals surface area contributed by atoms with Crippen LogP contribution in [0.5, 0.6) is 0 Å². The Labute approximate surface area is 170 Å². The zero-order valence-electron chi connectivity index (χ0n) is 14.2. The molecule has 0 bridgehead atoms. The van der Waals surface area contributed by atoms with E-state index in [2.05, 4.69) is 15.6 Å². The maximum Gasteiger partial charge on any atom is 0.271 e. The molecule has 7 nitrogen and oxygen atoms in total. The van der Waals surface area contributed by atoms with E-state index < -0.39 is 21.8 Å². The first kappa shape index (κ1) is 19.9. The molecule has 0 saturated carbocycles. The molecule has 10 heteroatoms. The fourth-order valence-corrected chi connectivity index (χ4v) is 4.35. The van der Waals surface area contributed by atoms with Gasteiger partial charge in [0.1, 0.15) is 4.21 Å². The van der Waals surface area contributed by atoms with E-state index in [0.717, 1.165) is 11.3 Å². The molecule has 3 N–H and O–H groups in total. The number of rotatable bonds is 5. The number of halogens is 1. The molecule has 28 heavy (non-hydrogen) atoms. The molecule has 0 aliphatic heterocycles. The summed E-state index contributed by atoms with van der Waals surface area (Å²) in [6.45, 7) is 0. The smallest absolute Gasteiger partial charge is 0.271 e. The Bertz CT molecular complexity index is 1080. The molecular formula is C18H14ClN3O4S2. The van der Waals surface area contributed by atoms with Gasteiger partial charge in [0.05, 0.1) is 0 Å². The van der Waals surface area contributed by atoms with Gasteiger partial charge in [-0.25, -0.2) is 8.42 Å². The standard InChI is InChI=1S/C18H14ClN3O4S2/c19-14-7-3-12(4-8-14)17(23)20-21-18(24)13-5-9-15(10-6-13)22-28(25,26)16-2-1-11-27-16/h1-11,22H,(H,20,23)(H,21,24). The van der Waals surface area contributed by atoms with Crippen LogP contribution in [0, 0.1) is 0 Å². The van der Waals surface area contributed by atoms with E-state index in [-0.39, 0.29) is 9.77 Å². The maximum atomic E-state index is 12.2. The number of carbonyl (C=O) groups is 2. The molecule has 0 saturated heterocycles. The number of hydrazine groups is 1. The van der Waals surface area contributed by atoms with Gasteiger partial charge in [0.2, 0.25) is 0 Å². The first-order valence-electron chi connectivity index (χ1n) is 7.88. The molecule has 0 aliphatic rings. The summed E-state index contributed by atoms with van der Waals surface area (Å²) in [7, 11) is -3.66. The summed E-state index contributed by atoms with van der Waals surface area (Å²) in [5.74, 6) is -1.04. The van der Waals surface area contributed by atoms with Crippen molar-refractivity contribution in [3.8, 4) is 0 Å². The molecule has 0 aliphatic carbocycles. The number of anilines is 1. The van der Waals surface area contributed by atoms with E-state index in [1.165, 1.54) is 42.5 Å². The predicted molar refractivity (Wildman–Crippen MR) is 108 cm³/mol. The molecule has 3 aromatic rings. The first-order valence-corrected chi connectivity index (χ1v) is 10.6. The van der Waals surface area contributed by atoms with Gasteiger partial charge in [-0.3, -0.25) is 25.2 Å². The van der Waals surface area contributed by atoms with Crippen LogP contribution in [0.15, 0.2) is 70.3 Å². The minimum absolute atomic E-state index is 0.194. The minimum atomic E-state index is -3.66. The lowest BCUT2D eigenvalue weighted by atomic mass is 10.2. The fourth-order valence-electron chi connectivity index (χ4n) is 2.17. The van der Waals surface area contributed by atoms with Gasteiger partial charge < -0.3 is 0 Å². The van der Waals surface area contributed by atoms with Crippen LogP contribution in [0.25, 0.3) is 0 Å². The lowest BCUT2D eigenvalue weighted by Crippen LogP contribution is -2.41. The third-order valence-corrected chi connectivity index (χ3v) is 6.59. The summed E-state index contributed by atoms with van der Waals surface area (Å²) in [6.07, 6.45) is 0. The van der Waals surface area contributed by atoms with Crippen LogP contribution >= 0.6 is 22.9 Å². The number of thiophene rings is 1. The van der Waals surface area contributed by atoms with Crippen molar-refractivity contribution in [2.24, 2.45) is 0 Å². The van der Waals surface area contributed by atoms with Crippen molar-refractivity contribution in [1.29, 1.82) is 0 Å². The van der Waals surface area contributed by atoms with Crippen LogP contribution in [-0.2, 0) is 10.0 Å². The Balaban J connectivity index is 1.59. The molecule has 0 fully saturated rings. The Morgan fingerprint density at radius 3 is 1.86 bits per heavy atom. The summed E-state index contributed by atoms with van der Waals surface area (Å²) in [5, 5.41) is 2.16. The van der Waals surface area contributed by atoms with Crippen molar-refractivity contribution in [3.05, 3.63) is 82.2 Å². The molecule has 2 aromatic carbocycles. The Hall–Kier alpha value is -2.88. The molecule has 1 heterocycles. The number of amides is 2. The van der Waals surface area contributed by atoms with E-state index in [1.54, 1.807) is 23.6 Å². The molecule has 0 spiro atoms. The number of hydrogen-bond donors (Lipinski definition) is 3. The van der Waals surface area contributed by atoms with Crippen molar-refractivity contribution in [2.45, 2.75) is 4.21 Å². The minimum Gasteiger partial charge on any atom is -0.279 e. The van der Waals surface area contributed by atoms with Gasteiger partial charge in [0.15, 0.2) is 0 Å². The van der Waals surface area contributed by atoms with Crippen molar-refractivity contribution >= 4 is 50.5 Å². The number of benzene rings is 2. The van der Waals surface area contributed by atoms with E-state index in [4.69, 9.17) is 11.6 Å². The molecule has 0 unspecified atom stereocenters. The first-order chi connectivity index (χ1) is 13.3. The SMILES string of the molecule is O=C(NNC(=O)c1ccc(NS(=O)(=O)c2cccs2)cc1)c1ccc(Cl)cc1. The third kappa shape index (κ3) is 4.89. The largest absolute Gasteiger partial charge is 0.279 e. The number of sulfonamides is 1. The van der Waals surface area contributed by atoms with Gasteiger partial charge in [-0.15, -0.1) is 11.3 Å². The summed E-state index contributed by atoms with van der Waals surface area (Å²) in [5.41, 5.74) is 5.49. The number of hydrogen-bond acceptors (Lipinski definition) is 5. The van der Waals surface area contributed by atoms with Crippen LogP contribution in [0.3, 0.4) is 0 Å². The topological polar surface area (TPSA) is 104 Å². The normalized spacial score (nSPS) is 10.9. The highest BCUT2D eigenvalue weighted by Gasteiger charge is 2.15. The molecule has 2 amide bonds. The van der Waals surface area contributed by atoms with Crippen molar-refractivity contribution < 1.29 is 18.0 Å². The van der Waals surface area contributed by atoms with Crippen molar-refractivity contribution in [2.75, 3.05) is 4.72 Å². The summed E-state index contributed by atoms with van der Waals surface area (Å²) < 4.78 is 27.0. The van der Waals surface area contributed by atoms with Crippen LogP contribution in [0.1, 0.15) is 20.7 Å². The fraction of sp³-hybridized carbons (Fsp3) is 0.